The third kappa shape index (κ3) is 2.32. The van der Waals surface area contributed by atoms with E-state index < -0.39 is 0 Å². The summed E-state index contributed by atoms with van der Waals surface area (Å²) in [7, 11) is 0. The van der Waals surface area contributed by atoms with Crippen LogP contribution in [0.1, 0.15) is 34.7 Å². The van der Waals surface area contributed by atoms with Gasteiger partial charge in [0, 0.05) is 22.0 Å². The molecule has 0 aliphatic carbocycles. The Morgan fingerprint density at radius 1 is 1.21 bits per heavy atom. The van der Waals surface area contributed by atoms with Crippen LogP contribution in [0.4, 0.5) is 0 Å². The van der Waals surface area contributed by atoms with Gasteiger partial charge in [0.25, 0.3) is 0 Å². The van der Waals surface area contributed by atoms with Crippen molar-refractivity contribution in [3.05, 3.63) is 73.0 Å². The van der Waals surface area contributed by atoms with Gasteiger partial charge in [-0.05, 0) is 46.5 Å². The Kier molecular flexibility index (Phi) is 3.50. The van der Waals surface area contributed by atoms with Crippen molar-refractivity contribution >= 4 is 44.3 Å². The average molecular weight is 417 g/mol. The average Bonchev–Trinajstić information content (AvgIpc) is 3.33. The predicted molar refractivity (Wildman–Crippen MR) is 102 cm³/mol. The second-order valence-corrected chi connectivity index (χ2v) is 8.48. The molecule has 4 heterocycles. The van der Waals surface area contributed by atoms with E-state index in [1.54, 1.807) is 22.7 Å². The number of halogens is 1. The number of benzene rings is 1. The number of hydrazone groups is 1. The summed E-state index contributed by atoms with van der Waals surface area (Å²) in [6.07, 6.45) is 0.751. The summed E-state index contributed by atoms with van der Waals surface area (Å²) in [5.74, 6) is 0.957. The van der Waals surface area contributed by atoms with Gasteiger partial charge in [-0.3, -0.25) is 0 Å². The molecule has 120 valence electrons. The molecule has 0 N–H and O–H groups in total. The van der Waals surface area contributed by atoms with E-state index in [9.17, 15) is 0 Å². The van der Waals surface area contributed by atoms with Crippen LogP contribution in [0.25, 0.3) is 0 Å². The molecule has 0 saturated heterocycles. The molecule has 2 aliphatic rings. The minimum atomic E-state index is -0.160. The van der Waals surface area contributed by atoms with Crippen LogP contribution in [-0.4, -0.2) is 10.7 Å². The van der Waals surface area contributed by atoms with E-state index in [2.05, 4.69) is 67.4 Å². The molecule has 0 amide bonds. The van der Waals surface area contributed by atoms with Crippen molar-refractivity contribution in [1.29, 1.82) is 0 Å². The Morgan fingerprint density at radius 2 is 2.17 bits per heavy atom. The van der Waals surface area contributed by atoms with Crippen LogP contribution < -0.4 is 4.74 Å². The van der Waals surface area contributed by atoms with Crippen molar-refractivity contribution in [2.45, 2.75) is 18.7 Å². The van der Waals surface area contributed by atoms with Gasteiger partial charge < -0.3 is 4.74 Å². The number of ether oxygens (including phenoxy) is 1. The summed E-state index contributed by atoms with van der Waals surface area (Å²) >= 11 is 7.02. The highest BCUT2D eigenvalue weighted by Gasteiger charge is 2.41. The highest BCUT2D eigenvalue weighted by molar-refractivity contribution is 9.10. The molecule has 0 fully saturated rings. The van der Waals surface area contributed by atoms with Gasteiger partial charge in [-0.25, -0.2) is 5.01 Å². The van der Waals surface area contributed by atoms with Crippen LogP contribution in [0.2, 0.25) is 0 Å². The van der Waals surface area contributed by atoms with Crippen LogP contribution in [0.15, 0.2) is 62.1 Å². The summed E-state index contributed by atoms with van der Waals surface area (Å²) in [5.41, 5.74) is 3.51. The molecule has 2 aromatic heterocycles. The van der Waals surface area contributed by atoms with Gasteiger partial charge in [-0.2, -0.15) is 16.4 Å². The number of fused-ring (bicyclic) bond motifs is 3. The lowest BCUT2D eigenvalue weighted by Gasteiger charge is -2.37. The molecule has 0 unspecified atom stereocenters. The Balaban J connectivity index is 1.62. The standard InChI is InChI=1S/C18H13BrN2OS2/c19-12-3-4-16-13(8-12)15-9-14(17-2-1-6-24-17)20-21(15)18(22-16)11-5-7-23-10-11/h1-8,10,15,18H,9H2/t15-,18-/m1/s1. The Labute approximate surface area is 156 Å². The zero-order valence-electron chi connectivity index (χ0n) is 12.6. The van der Waals surface area contributed by atoms with Crippen LogP contribution >= 0.6 is 38.6 Å². The molecular weight excluding hydrogens is 404 g/mol. The maximum atomic E-state index is 6.32. The van der Waals surface area contributed by atoms with Crippen LogP contribution in [0, 0.1) is 0 Å². The van der Waals surface area contributed by atoms with E-state index in [-0.39, 0.29) is 12.3 Å². The molecule has 1 aromatic carbocycles. The lowest BCUT2D eigenvalue weighted by atomic mass is 9.98. The first kappa shape index (κ1) is 14.7. The summed E-state index contributed by atoms with van der Waals surface area (Å²) < 4.78 is 7.39. The van der Waals surface area contributed by atoms with E-state index in [0.29, 0.717) is 0 Å². The summed E-state index contributed by atoms with van der Waals surface area (Å²) in [4.78, 5) is 1.24. The van der Waals surface area contributed by atoms with Gasteiger partial charge in [0.15, 0.2) is 0 Å². The third-order valence-corrected chi connectivity index (χ3v) is 6.50. The minimum absolute atomic E-state index is 0.160. The fourth-order valence-electron chi connectivity index (χ4n) is 3.29. The molecule has 6 heteroatoms. The van der Waals surface area contributed by atoms with Gasteiger partial charge in [0.1, 0.15) is 5.75 Å². The smallest absolute Gasteiger partial charge is 0.214 e. The second-order valence-electron chi connectivity index (χ2n) is 5.83. The number of rotatable bonds is 2. The Morgan fingerprint density at radius 3 is 2.96 bits per heavy atom. The van der Waals surface area contributed by atoms with Crippen molar-refractivity contribution in [3.8, 4) is 5.75 Å². The molecule has 3 aromatic rings. The molecular formula is C18H13BrN2OS2. The van der Waals surface area contributed by atoms with Crippen molar-refractivity contribution in [1.82, 2.24) is 5.01 Å². The second kappa shape index (κ2) is 5.72. The van der Waals surface area contributed by atoms with Gasteiger partial charge in [0.2, 0.25) is 6.23 Å². The highest BCUT2D eigenvalue weighted by atomic mass is 79.9. The minimum Gasteiger partial charge on any atom is -0.464 e. The number of hydrogen-bond acceptors (Lipinski definition) is 5. The summed E-state index contributed by atoms with van der Waals surface area (Å²) in [5, 5.41) is 13.4. The first-order chi connectivity index (χ1) is 11.8. The van der Waals surface area contributed by atoms with Crippen LogP contribution in [0.5, 0.6) is 5.75 Å². The maximum absolute atomic E-state index is 6.32. The van der Waals surface area contributed by atoms with Crippen molar-refractivity contribution in [2.24, 2.45) is 5.10 Å². The number of nitrogens with zero attached hydrogens (tertiary/aromatic N) is 2. The predicted octanol–water partition coefficient (Wildman–Crippen LogP) is 5.81. The Hall–Kier alpha value is -1.63. The first-order valence-electron chi connectivity index (χ1n) is 7.67. The molecule has 5 rings (SSSR count). The highest BCUT2D eigenvalue weighted by Crippen LogP contribution is 2.48. The van der Waals surface area contributed by atoms with Crippen molar-refractivity contribution in [3.63, 3.8) is 0 Å². The monoisotopic (exact) mass is 416 g/mol. The van der Waals surface area contributed by atoms with E-state index in [1.165, 1.54) is 10.4 Å². The van der Waals surface area contributed by atoms with Crippen LogP contribution in [-0.2, 0) is 0 Å². The fourth-order valence-corrected chi connectivity index (χ4v) is 5.05. The third-order valence-electron chi connectivity index (χ3n) is 4.39. The quantitative estimate of drug-likeness (QED) is 0.525. The molecule has 24 heavy (non-hydrogen) atoms. The van der Waals surface area contributed by atoms with Gasteiger partial charge in [0.05, 0.1) is 16.6 Å². The maximum Gasteiger partial charge on any atom is 0.214 e. The molecule has 3 nitrogen and oxygen atoms in total. The molecule has 0 saturated carbocycles. The van der Waals surface area contributed by atoms with E-state index >= 15 is 0 Å². The van der Waals surface area contributed by atoms with E-state index in [1.807, 2.05) is 6.07 Å². The lowest BCUT2D eigenvalue weighted by molar-refractivity contribution is -0.0188. The van der Waals surface area contributed by atoms with Crippen LogP contribution in [0.3, 0.4) is 0 Å². The molecule has 0 spiro atoms. The number of hydrogen-bond donors (Lipinski definition) is 0. The Bertz CT molecular complexity index is 905. The van der Waals surface area contributed by atoms with Crippen molar-refractivity contribution in [2.75, 3.05) is 0 Å². The van der Waals surface area contributed by atoms with Gasteiger partial charge >= 0.3 is 0 Å². The summed E-state index contributed by atoms with van der Waals surface area (Å²) in [6, 6.07) is 12.8. The normalized spacial score (nSPS) is 21.9. The SMILES string of the molecule is Brc1ccc2c(c1)[C@H]1CC(c3cccs3)=NN1[C@@H](c1ccsc1)O2. The largest absolute Gasteiger partial charge is 0.464 e. The number of thiophene rings is 2. The topological polar surface area (TPSA) is 24.8 Å². The fraction of sp³-hybridized carbons (Fsp3) is 0.167. The molecule has 2 aliphatic heterocycles. The van der Waals surface area contributed by atoms with Gasteiger partial charge in [-0.15, -0.1) is 11.3 Å². The zero-order valence-corrected chi connectivity index (χ0v) is 15.8. The van der Waals surface area contributed by atoms with Crippen molar-refractivity contribution < 1.29 is 4.74 Å². The lowest BCUT2D eigenvalue weighted by Crippen LogP contribution is -2.33. The molecule has 0 bridgehead atoms. The first-order valence-corrected chi connectivity index (χ1v) is 10.3. The summed E-state index contributed by atoms with van der Waals surface area (Å²) in [6.45, 7) is 0. The van der Waals surface area contributed by atoms with Gasteiger partial charge in [-0.1, -0.05) is 22.0 Å². The van der Waals surface area contributed by atoms with E-state index in [0.717, 1.165) is 27.9 Å². The van der Waals surface area contributed by atoms with E-state index in [4.69, 9.17) is 9.84 Å². The zero-order chi connectivity index (χ0) is 16.1. The molecule has 0 radical (unpaired) electrons. The molecule has 2 atom stereocenters.